The zero-order valence-corrected chi connectivity index (χ0v) is 18.1. The molecule has 1 fully saturated rings. The molecule has 0 spiro atoms. The van der Waals surface area contributed by atoms with E-state index >= 15 is 0 Å². The standard InChI is InChI=1S/C23H28N6O3/c1-2-24-20-11-19-18(10-22(20)29(31)32)23(27-15-26-19)25-12-17-7-3-4-8-21(17)28-9-5-6-16(13-28)14-30/h3-4,7-8,10-11,15-16,24,30H,2,5-6,9,12-14H2,1H3,(H,25,26,27). The number of rotatable bonds is 8. The third kappa shape index (κ3) is 4.57. The quantitative estimate of drug-likeness (QED) is 0.361. The molecule has 2 heterocycles. The first-order valence-corrected chi connectivity index (χ1v) is 10.9. The van der Waals surface area contributed by atoms with E-state index in [0.717, 1.165) is 37.2 Å². The Hall–Kier alpha value is -3.46. The fourth-order valence-corrected chi connectivity index (χ4v) is 4.30. The summed E-state index contributed by atoms with van der Waals surface area (Å²) in [6.45, 7) is 4.99. The van der Waals surface area contributed by atoms with Crippen LogP contribution in [0.5, 0.6) is 0 Å². The maximum atomic E-state index is 11.6. The maximum Gasteiger partial charge on any atom is 0.293 e. The van der Waals surface area contributed by atoms with Gasteiger partial charge in [-0.15, -0.1) is 0 Å². The molecule has 2 aromatic carbocycles. The SMILES string of the molecule is CCNc1cc2ncnc(NCc3ccccc3N3CCCC(CO)C3)c2cc1[N+](=O)[O-]. The first-order chi connectivity index (χ1) is 15.6. The van der Waals surface area contributed by atoms with Crippen molar-refractivity contribution < 1.29 is 10.0 Å². The van der Waals surface area contributed by atoms with Crippen LogP contribution in [-0.4, -0.2) is 46.2 Å². The molecule has 1 aliphatic rings. The highest BCUT2D eigenvalue weighted by Crippen LogP contribution is 2.33. The molecule has 1 atom stereocenters. The van der Waals surface area contributed by atoms with Crippen LogP contribution in [-0.2, 0) is 6.54 Å². The third-order valence-corrected chi connectivity index (χ3v) is 5.87. The van der Waals surface area contributed by atoms with Crippen molar-refractivity contribution in [1.82, 2.24) is 9.97 Å². The van der Waals surface area contributed by atoms with Gasteiger partial charge in [-0.25, -0.2) is 9.97 Å². The lowest BCUT2D eigenvalue weighted by Gasteiger charge is -2.35. The number of nitro groups is 1. The number of aromatic nitrogens is 2. The minimum atomic E-state index is -0.391. The second kappa shape index (κ2) is 9.78. The molecule has 4 rings (SSSR count). The molecule has 9 nitrogen and oxygen atoms in total. The fourth-order valence-electron chi connectivity index (χ4n) is 4.30. The van der Waals surface area contributed by atoms with Gasteiger partial charge < -0.3 is 20.6 Å². The molecule has 0 saturated carbocycles. The first-order valence-electron chi connectivity index (χ1n) is 10.9. The summed E-state index contributed by atoms with van der Waals surface area (Å²) in [5.41, 5.74) is 3.33. The molecule has 1 unspecified atom stereocenters. The molecule has 1 aromatic heterocycles. The van der Waals surface area contributed by atoms with Crippen LogP contribution in [0.2, 0.25) is 0 Å². The highest BCUT2D eigenvalue weighted by molar-refractivity contribution is 5.94. The molecule has 0 aliphatic carbocycles. The van der Waals surface area contributed by atoms with Crippen LogP contribution in [0.25, 0.3) is 10.9 Å². The smallest absolute Gasteiger partial charge is 0.293 e. The van der Waals surface area contributed by atoms with Gasteiger partial charge in [0.15, 0.2) is 0 Å². The number of nitrogens with zero attached hydrogens (tertiary/aromatic N) is 4. The van der Waals surface area contributed by atoms with Crippen LogP contribution in [0.1, 0.15) is 25.3 Å². The summed E-state index contributed by atoms with van der Waals surface area (Å²) in [5.74, 6) is 0.852. The summed E-state index contributed by atoms with van der Waals surface area (Å²) in [7, 11) is 0. The number of nitrogens with one attached hydrogen (secondary N) is 2. The number of fused-ring (bicyclic) bond motifs is 1. The van der Waals surface area contributed by atoms with E-state index in [4.69, 9.17) is 0 Å². The Bertz CT molecular complexity index is 1110. The molecule has 0 bridgehead atoms. The molecule has 32 heavy (non-hydrogen) atoms. The van der Waals surface area contributed by atoms with Crippen molar-refractivity contribution in [2.75, 3.05) is 41.8 Å². The highest BCUT2D eigenvalue weighted by atomic mass is 16.6. The molecule has 1 aliphatic heterocycles. The van der Waals surface area contributed by atoms with Gasteiger partial charge in [-0.1, -0.05) is 18.2 Å². The maximum absolute atomic E-state index is 11.6. The number of aliphatic hydroxyl groups excluding tert-OH is 1. The lowest BCUT2D eigenvalue weighted by Crippen LogP contribution is -2.37. The van der Waals surface area contributed by atoms with Crippen molar-refractivity contribution in [2.45, 2.75) is 26.3 Å². The summed E-state index contributed by atoms with van der Waals surface area (Å²) < 4.78 is 0. The van der Waals surface area contributed by atoms with Crippen molar-refractivity contribution in [1.29, 1.82) is 0 Å². The van der Waals surface area contributed by atoms with E-state index < -0.39 is 4.92 Å². The zero-order chi connectivity index (χ0) is 22.5. The van der Waals surface area contributed by atoms with Gasteiger partial charge in [0, 0.05) is 49.9 Å². The average molecular weight is 437 g/mol. The summed E-state index contributed by atoms with van der Waals surface area (Å²) in [5, 5.41) is 28.2. The second-order valence-electron chi connectivity index (χ2n) is 8.02. The van der Waals surface area contributed by atoms with Gasteiger partial charge in [0.25, 0.3) is 5.69 Å². The Morgan fingerprint density at radius 2 is 2.09 bits per heavy atom. The normalized spacial score (nSPS) is 16.2. The van der Waals surface area contributed by atoms with E-state index in [0.29, 0.717) is 41.4 Å². The Kier molecular flexibility index (Phi) is 6.65. The van der Waals surface area contributed by atoms with Crippen molar-refractivity contribution in [2.24, 2.45) is 5.92 Å². The summed E-state index contributed by atoms with van der Waals surface area (Å²) in [6.07, 6.45) is 3.57. The number of piperidine rings is 1. The highest BCUT2D eigenvalue weighted by Gasteiger charge is 2.21. The van der Waals surface area contributed by atoms with Gasteiger partial charge in [-0.3, -0.25) is 10.1 Å². The minimum Gasteiger partial charge on any atom is -0.396 e. The number of nitro benzene ring substituents is 1. The minimum absolute atomic E-state index is 0.000891. The van der Waals surface area contributed by atoms with E-state index in [9.17, 15) is 15.2 Å². The number of hydrogen-bond acceptors (Lipinski definition) is 8. The van der Waals surface area contributed by atoms with Crippen LogP contribution in [0.3, 0.4) is 0 Å². The van der Waals surface area contributed by atoms with Crippen molar-refractivity contribution in [3.63, 3.8) is 0 Å². The molecule has 0 amide bonds. The van der Waals surface area contributed by atoms with Gasteiger partial charge in [0.2, 0.25) is 0 Å². The predicted molar refractivity (Wildman–Crippen MR) is 126 cm³/mol. The number of anilines is 3. The molecule has 1 saturated heterocycles. The number of para-hydroxylation sites is 1. The molecular weight excluding hydrogens is 408 g/mol. The van der Waals surface area contributed by atoms with Gasteiger partial charge in [-0.2, -0.15) is 0 Å². The fraction of sp³-hybridized carbons (Fsp3) is 0.391. The van der Waals surface area contributed by atoms with Gasteiger partial charge in [-0.05, 0) is 43.4 Å². The van der Waals surface area contributed by atoms with E-state index in [-0.39, 0.29) is 12.3 Å². The van der Waals surface area contributed by atoms with E-state index in [2.05, 4.69) is 37.6 Å². The number of benzene rings is 2. The molecule has 3 aromatic rings. The van der Waals surface area contributed by atoms with Crippen molar-refractivity contribution >= 4 is 33.8 Å². The summed E-state index contributed by atoms with van der Waals surface area (Å²) in [6, 6.07) is 11.4. The predicted octanol–water partition coefficient (Wildman–Crippen LogP) is 3.79. The molecule has 168 valence electrons. The van der Waals surface area contributed by atoms with E-state index in [1.54, 1.807) is 6.07 Å². The van der Waals surface area contributed by atoms with Crippen molar-refractivity contribution in [3.8, 4) is 0 Å². The molecule has 3 N–H and O–H groups in total. The third-order valence-electron chi connectivity index (χ3n) is 5.87. The largest absolute Gasteiger partial charge is 0.396 e. The van der Waals surface area contributed by atoms with Crippen LogP contribution in [0, 0.1) is 16.0 Å². The average Bonchev–Trinajstić information content (AvgIpc) is 2.82. The van der Waals surface area contributed by atoms with E-state index in [1.165, 1.54) is 12.4 Å². The lowest BCUT2D eigenvalue weighted by molar-refractivity contribution is -0.383. The van der Waals surface area contributed by atoms with E-state index in [1.807, 2.05) is 19.1 Å². The van der Waals surface area contributed by atoms with Crippen LogP contribution in [0.4, 0.5) is 22.9 Å². The van der Waals surface area contributed by atoms with Gasteiger partial charge in [0.05, 0.1) is 10.4 Å². The van der Waals surface area contributed by atoms with Crippen LogP contribution in [0.15, 0.2) is 42.7 Å². The monoisotopic (exact) mass is 436 g/mol. The van der Waals surface area contributed by atoms with Crippen LogP contribution >= 0.6 is 0 Å². The van der Waals surface area contributed by atoms with Gasteiger partial charge in [0.1, 0.15) is 17.8 Å². The number of hydrogen-bond donors (Lipinski definition) is 3. The lowest BCUT2D eigenvalue weighted by atomic mass is 9.97. The summed E-state index contributed by atoms with van der Waals surface area (Å²) >= 11 is 0. The van der Waals surface area contributed by atoms with Crippen LogP contribution < -0.4 is 15.5 Å². The second-order valence-corrected chi connectivity index (χ2v) is 8.02. The van der Waals surface area contributed by atoms with Crippen molar-refractivity contribution in [3.05, 3.63) is 58.4 Å². The Morgan fingerprint density at radius 1 is 1.25 bits per heavy atom. The Labute approximate surface area is 186 Å². The Morgan fingerprint density at radius 3 is 2.88 bits per heavy atom. The first kappa shape index (κ1) is 21.8. The van der Waals surface area contributed by atoms with Gasteiger partial charge >= 0.3 is 0 Å². The zero-order valence-electron chi connectivity index (χ0n) is 18.1. The molecule has 9 heteroatoms. The topological polar surface area (TPSA) is 116 Å². The Balaban J connectivity index is 1.61. The number of aliphatic hydroxyl groups is 1. The molecule has 0 radical (unpaired) electrons. The molecular formula is C23H28N6O3. The summed E-state index contributed by atoms with van der Waals surface area (Å²) in [4.78, 5) is 22.2.